The Morgan fingerprint density at radius 3 is 1.27 bits per heavy atom. The highest BCUT2D eigenvalue weighted by molar-refractivity contribution is 5.66. The lowest BCUT2D eigenvalue weighted by molar-refractivity contribution is 0.318. The van der Waals surface area contributed by atoms with E-state index in [0.29, 0.717) is 23.0 Å². The van der Waals surface area contributed by atoms with Crippen LogP contribution >= 0.6 is 0 Å². The normalized spacial score (nSPS) is 27.2. The Labute approximate surface area is 181 Å². The van der Waals surface area contributed by atoms with E-state index in [1.54, 1.807) is 24.3 Å². The summed E-state index contributed by atoms with van der Waals surface area (Å²) in [6.45, 7) is 4.52. The first kappa shape index (κ1) is 21.5. The molecule has 0 heterocycles. The Bertz CT molecular complexity index is 768. The second-order valence-corrected chi connectivity index (χ2v) is 9.73. The van der Waals surface area contributed by atoms with E-state index in [-0.39, 0.29) is 11.6 Å². The van der Waals surface area contributed by atoms with E-state index in [4.69, 9.17) is 0 Å². The predicted molar refractivity (Wildman–Crippen MR) is 122 cm³/mol. The fourth-order valence-corrected chi connectivity index (χ4v) is 5.82. The van der Waals surface area contributed by atoms with Crippen LogP contribution in [0.1, 0.15) is 101 Å². The maximum absolute atomic E-state index is 15.0. The van der Waals surface area contributed by atoms with E-state index in [9.17, 15) is 8.78 Å². The number of hydrogen-bond donors (Lipinski definition) is 0. The Hall–Kier alpha value is -1.70. The summed E-state index contributed by atoms with van der Waals surface area (Å²) >= 11 is 0. The molecule has 0 amide bonds. The van der Waals surface area contributed by atoms with Crippen LogP contribution in [0.2, 0.25) is 0 Å². The summed E-state index contributed by atoms with van der Waals surface area (Å²) < 4.78 is 30.0. The third kappa shape index (κ3) is 4.63. The van der Waals surface area contributed by atoms with Crippen molar-refractivity contribution >= 4 is 0 Å². The van der Waals surface area contributed by atoms with Crippen LogP contribution < -0.4 is 0 Å². The van der Waals surface area contributed by atoms with E-state index in [1.807, 2.05) is 12.1 Å². The minimum absolute atomic E-state index is 0.291. The molecule has 2 aliphatic rings. The van der Waals surface area contributed by atoms with Gasteiger partial charge in [0.1, 0.15) is 11.6 Å². The van der Waals surface area contributed by atoms with Crippen molar-refractivity contribution < 1.29 is 8.78 Å². The fraction of sp³-hybridized carbons (Fsp3) is 0.571. The summed E-state index contributed by atoms with van der Waals surface area (Å²) in [5.74, 6) is 1.97. The third-order valence-corrected chi connectivity index (χ3v) is 8.07. The van der Waals surface area contributed by atoms with Crippen molar-refractivity contribution in [3.05, 3.63) is 59.2 Å². The number of rotatable bonds is 5. The largest absolute Gasteiger partial charge is 0.206 e. The second-order valence-electron chi connectivity index (χ2n) is 9.73. The summed E-state index contributed by atoms with van der Waals surface area (Å²) in [5.41, 5.74) is 2.94. The van der Waals surface area contributed by atoms with Crippen LogP contribution in [0.25, 0.3) is 11.1 Å². The summed E-state index contributed by atoms with van der Waals surface area (Å²) in [4.78, 5) is 0. The molecule has 2 fully saturated rings. The smallest absolute Gasteiger partial charge is 0.131 e. The highest BCUT2D eigenvalue weighted by Gasteiger charge is 2.24. The summed E-state index contributed by atoms with van der Waals surface area (Å²) in [7, 11) is 0. The van der Waals surface area contributed by atoms with Gasteiger partial charge in [0, 0.05) is 11.1 Å². The number of benzene rings is 2. The monoisotopic (exact) mass is 410 g/mol. The molecule has 2 aromatic rings. The molecule has 2 aliphatic carbocycles. The summed E-state index contributed by atoms with van der Waals surface area (Å²) in [6, 6.07) is 10.9. The molecule has 0 radical (unpaired) electrons. The molecule has 0 saturated heterocycles. The molecule has 0 nitrogen and oxygen atoms in total. The molecule has 4 rings (SSSR count). The minimum atomic E-state index is -0.291. The van der Waals surface area contributed by atoms with Gasteiger partial charge in [-0.3, -0.25) is 0 Å². The van der Waals surface area contributed by atoms with E-state index in [1.165, 1.54) is 38.5 Å². The predicted octanol–water partition coefficient (Wildman–Crippen LogP) is 9.00. The quantitative estimate of drug-likeness (QED) is 0.461. The average molecular weight is 411 g/mol. The van der Waals surface area contributed by atoms with Gasteiger partial charge in [0.2, 0.25) is 0 Å². The first-order valence-electron chi connectivity index (χ1n) is 12.2. The zero-order valence-corrected chi connectivity index (χ0v) is 18.6. The Morgan fingerprint density at radius 2 is 0.967 bits per heavy atom. The van der Waals surface area contributed by atoms with Crippen LogP contribution in [-0.2, 0) is 0 Å². The Morgan fingerprint density at radius 1 is 0.600 bits per heavy atom. The van der Waals surface area contributed by atoms with Gasteiger partial charge in [0.25, 0.3) is 0 Å². The van der Waals surface area contributed by atoms with Crippen molar-refractivity contribution in [3.8, 4) is 11.1 Å². The SMILES string of the molecule is CC[C@H]1CC[C@H](c2ccc(-c3ccc([C@H]4CC[C@H](CC)CC4)cc3F)c(F)c2)CC1. The summed E-state index contributed by atoms with van der Waals surface area (Å²) in [6.07, 6.45) is 12.0. The van der Waals surface area contributed by atoms with Crippen LogP contribution in [0.5, 0.6) is 0 Å². The highest BCUT2D eigenvalue weighted by atomic mass is 19.1. The van der Waals surface area contributed by atoms with Gasteiger partial charge in [0.15, 0.2) is 0 Å². The molecule has 0 aliphatic heterocycles. The molecule has 0 atom stereocenters. The lowest BCUT2D eigenvalue weighted by atomic mass is 9.77. The van der Waals surface area contributed by atoms with Gasteiger partial charge in [-0.1, -0.05) is 51.0 Å². The van der Waals surface area contributed by atoms with E-state index >= 15 is 0 Å². The third-order valence-electron chi connectivity index (χ3n) is 8.07. The van der Waals surface area contributed by atoms with Gasteiger partial charge < -0.3 is 0 Å². The van der Waals surface area contributed by atoms with Gasteiger partial charge in [-0.25, -0.2) is 8.78 Å². The van der Waals surface area contributed by atoms with E-state index < -0.39 is 0 Å². The van der Waals surface area contributed by atoms with Crippen LogP contribution in [0.3, 0.4) is 0 Å². The number of halogens is 2. The van der Waals surface area contributed by atoms with Crippen LogP contribution in [0.15, 0.2) is 36.4 Å². The average Bonchev–Trinajstić information content (AvgIpc) is 2.79. The molecular weight excluding hydrogens is 374 g/mol. The lowest BCUT2D eigenvalue weighted by Crippen LogP contribution is -2.13. The number of hydrogen-bond acceptors (Lipinski definition) is 0. The molecule has 0 N–H and O–H groups in total. The standard InChI is InChI=1S/C28H36F2/c1-3-19-5-9-21(10-6-19)23-13-15-25(27(29)17-23)26-16-14-24(18-28(26)30)22-11-7-20(4-2)8-12-22/h13-22H,3-12H2,1-2H3/t19-,20-,21-,22-. The van der Waals surface area contributed by atoms with Gasteiger partial charge in [-0.2, -0.15) is 0 Å². The topological polar surface area (TPSA) is 0 Å². The van der Waals surface area contributed by atoms with Crippen LogP contribution in [0, 0.1) is 23.5 Å². The molecular formula is C28H36F2. The van der Waals surface area contributed by atoms with Gasteiger partial charge in [0.05, 0.1) is 0 Å². The Balaban J connectivity index is 1.49. The van der Waals surface area contributed by atoms with Gasteiger partial charge >= 0.3 is 0 Å². The molecule has 2 heteroatoms. The molecule has 162 valence electrons. The van der Waals surface area contributed by atoms with Crippen molar-refractivity contribution in [1.82, 2.24) is 0 Å². The van der Waals surface area contributed by atoms with Crippen molar-refractivity contribution in [2.45, 2.75) is 89.9 Å². The second kappa shape index (κ2) is 9.62. The zero-order valence-electron chi connectivity index (χ0n) is 18.6. The molecule has 0 unspecified atom stereocenters. The fourth-order valence-electron chi connectivity index (χ4n) is 5.82. The molecule has 30 heavy (non-hydrogen) atoms. The van der Waals surface area contributed by atoms with Crippen LogP contribution in [0.4, 0.5) is 8.78 Å². The van der Waals surface area contributed by atoms with Crippen molar-refractivity contribution in [1.29, 1.82) is 0 Å². The summed E-state index contributed by atoms with van der Waals surface area (Å²) in [5, 5.41) is 0. The molecule has 0 aromatic heterocycles. The minimum Gasteiger partial charge on any atom is -0.206 e. The highest BCUT2D eigenvalue weighted by Crippen LogP contribution is 2.40. The molecule has 2 aromatic carbocycles. The molecule has 0 bridgehead atoms. The Kier molecular flexibility index (Phi) is 6.91. The van der Waals surface area contributed by atoms with Crippen LogP contribution in [-0.4, -0.2) is 0 Å². The van der Waals surface area contributed by atoms with E-state index in [0.717, 1.165) is 48.6 Å². The maximum Gasteiger partial charge on any atom is 0.131 e. The molecule has 0 spiro atoms. The van der Waals surface area contributed by atoms with Crippen molar-refractivity contribution in [2.24, 2.45) is 11.8 Å². The lowest BCUT2D eigenvalue weighted by Gasteiger charge is -2.28. The first-order valence-corrected chi connectivity index (χ1v) is 12.2. The van der Waals surface area contributed by atoms with Gasteiger partial charge in [-0.05, 0) is 98.3 Å². The first-order chi connectivity index (χ1) is 14.6. The van der Waals surface area contributed by atoms with Gasteiger partial charge in [-0.15, -0.1) is 0 Å². The van der Waals surface area contributed by atoms with Crippen molar-refractivity contribution in [2.75, 3.05) is 0 Å². The molecule has 2 saturated carbocycles. The van der Waals surface area contributed by atoms with Crippen molar-refractivity contribution in [3.63, 3.8) is 0 Å². The zero-order chi connectivity index (χ0) is 21.1. The maximum atomic E-state index is 15.0. The van der Waals surface area contributed by atoms with E-state index in [2.05, 4.69) is 13.8 Å².